The summed E-state index contributed by atoms with van der Waals surface area (Å²) < 4.78 is 25.4. The second kappa shape index (κ2) is 10.8. The molecule has 0 aliphatic heterocycles. The Hall–Kier alpha value is -2.87. The second-order valence-electron chi connectivity index (χ2n) is 6.85. The van der Waals surface area contributed by atoms with Crippen LogP contribution in [0.15, 0.2) is 53.6 Å². The Morgan fingerprint density at radius 1 is 0.967 bits per heavy atom. The number of nitrogens with zero attached hydrogens (tertiary/aromatic N) is 3. The average molecular weight is 431 g/mol. The number of benzene rings is 2. The number of amides is 1. The molecule has 8 heteroatoms. The first kappa shape index (κ1) is 23.4. The molecule has 0 aliphatic carbocycles. The Labute approximate surface area is 179 Å². The van der Waals surface area contributed by atoms with Crippen LogP contribution in [0.2, 0.25) is 0 Å². The topological polar surface area (TPSA) is 82.1 Å². The number of rotatable bonds is 10. The van der Waals surface area contributed by atoms with Crippen molar-refractivity contribution in [3.05, 3.63) is 59.7 Å². The molecule has 0 unspecified atom stereocenters. The van der Waals surface area contributed by atoms with Crippen molar-refractivity contribution in [1.29, 1.82) is 0 Å². The molecule has 0 saturated heterocycles. The first-order valence-electron chi connectivity index (χ1n) is 10.0. The maximum atomic E-state index is 12.3. The minimum absolute atomic E-state index is 0.345. The standard InChI is InChI=1S/C22H30N4O3S/c1-5-18-8-14-21(15-9-18)26(30(4,28)29)17-22(27)24-23-16-19-10-12-20(13-11-19)25(6-2)7-3/h8-16H,5-7,17H2,1-4H3,(H,24,27)/b23-16-. The van der Waals surface area contributed by atoms with E-state index in [2.05, 4.69) is 29.3 Å². The average Bonchev–Trinajstić information content (AvgIpc) is 2.73. The molecule has 0 radical (unpaired) electrons. The van der Waals surface area contributed by atoms with Crippen molar-refractivity contribution in [2.75, 3.05) is 35.1 Å². The summed E-state index contributed by atoms with van der Waals surface area (Å²) in [5.74, 6) is -0.518. The normalized spacial score (nSPS) is 11.5. The van der Waals surface area contributed by atoms with Crippen molar-refractivity contribution in [1.82, 2.24) is 5.43 Å². The van der Waals surface area contributed by atoms with Gasteiger partial charge in [-0.3, -0.25) is 9.10 Å². The molecule has 30 heavy (non-hydrogen) atoms. The monoisotopic (exact) mass is 430 g/mol. The summed E-state index contributed by atoms with van der Waals surface area (Å²) in [5.41, 5.74) is 5.89. The molecular weight excluding hydrogens is 400 g/mol. The van der Waals surface area contributed by atoms with Crippen LogP contribution >= 0.6 is 0 Å². The predicted octanol–water partition coefficient (Wildman–Crippen LogP) is 3.01. The lowest BCUT2D eigenvalue weighted by atomic mass is 10.1. The van der Waals surface area contributed by atoms with Gasteiger partial charge in [-0.05, 0) is 55.7 Å². The first-order valence-corrected chi connectivity index (χ1v) is 11.9. The third-order valence-electron chi connectivity index (χ3n) is 4.74. The summed E-state index contributed by atoms with van der Waals surface area (Å²) in [6.07, 6.45) is 3.46. The molecule has 1 amide bonds. The highest BCUT2D eigenvalue weighted by molar-refractivity contribution is 7.92. The number of sulfonamides is 1. The molecule has 0 aromatic heterocycles. The lowest BCUT2D eigenvalue weighted by molar-refractivity contribution is -0.119. The minimum Gasteiger partial charge on any atom is -0.372 e. The van der Waals surface area contributed by atoms with Gasteiger partial charge in [0.1, 0.15) is 6.54 Å². The Morgan fingerprint density at radius 2 is 1.53 bits per heavy atom. The maximum Gasteiger partial charge on any atom is 0.260 e. The molecule has 2 aromatic carbocycles. The van der Waals surface area contributed by atoms with Gasteiger partial charge in [-0.15, -0.1) is 0 Å². The van der Waals surface area contributed by atoms with Gasteiger partial charge in [-0.1, -0.05) is 31.2 Å². The van der Waals surface area contributed by atoms with E-state index < -0.39 is 15.9 Å². The van der Waals surface area contributed by atoms with E-state index in [0.717, 1.165) is 46.9 Å². The van der Waals surface area contributed by atoms with Crippen LogP contribution in [-0.2, 0) is 21.2 Å². The van der Waals surface area contributed by atoms with Crippen molar-refractivity contribution in [3.8, 4) is 0 Å². The molecule has 0 saturated carbocycles. The van der Waals surface area contributed by atoms with Gasteiger partial charge in [0.2, 0.25) is 10.0 Å². The van der Waals surface area contributed by atoms with Crippen molar-refractivity contribution in [3.63, 3.8) is 0 Å². The summed E-state index contributed by atoms with van der Waals surface area (Å²) in [5, 5.41) is 3.95. The number of carbonyl (C=O) groups excluding carboxylic acids is 1. The second-order valence-corrected chi connectivity index (χ2v) is 8.75. The van der Waals surface area contributed by atoms with Crippen LogP contribution in [0.5, 0.6) is 0 Å². The Kier molecular flexibility index (Phi) is 8.41. The van der Waals surface area contributed by atoms with Gasteiger partial charge in [0.15, 0.2) is 0 Å². The number of hydrazone groups is 1. The summed E-state index contributed by atoms with van der Waals surface area (Å²) in [4.78, 5) is 14.5. The zero-order valence-corrected chi connectivity index (χ0v) is 18.8. The molecule has 0 fully saturated rings. The van der Waals surface area contributed by atoms with Crippen LogP contribution in [0.1, 0.15) is 31.9 Å². The first-order chi connectivity index (χ1) is 14.3. The molecule has 0 heterocycles. The summed E-state index contributed by atoms with van der Waals surface area (Å²) in [7, 11) is -3.61. The van der Waals surface area contributed by atoms with Crippen LogP contribution in [0, 0.1) is 0 Å². The van der Waals surface area contributed by atoms with Crippen LogP contribution in [0.4, 0.5) is 11.4 Å². The number of nitrogens with one attached hydrogen (secondary N) is 1. The summed E-state index contributed by atoms with van der Waals surface area (Å²) in [6.45, 7) is 7.74. The number of hydrogen-bond donors (Lipinski definition) is 1. The fraction of sp³-hybridized carbons (Fsp3) is 0.364. The molecule has 0 spiro atoms. The molecular formula is C22H30N4O3S. The minimum atomic E-state index is -3.61. The van der Waals surface area contributed by atoms with Crippen molar-refractivity contribution >= 4 is 33.5 Å². The van der Waals surface area contributed by atoms with E-state index in [0.29, 0.717) is 5.69 Å². The largest absolute Gasteiger partial charge is 0.372 e. The zero-order valence-electron chi connectivity index (χ0n) is 18.0. The maximum absolute atomic E-state index is 12.3. The van der Waals surface area contributed by atoms with E-state index in [9.17, 15) is 13.2 Å². The molecule has 2 rings (SSSR count). The number of carbonyl (C=O) groups is 1. The zero-order chi connectivity index (χ0) is 22.1. The van der Waals surface area contributed by atoms with E-state index in [1.54, 1.807) is 12.1 Å². The molecule has 0 bridgehead atoms. The van der Waals surface area contributed by atoms with E-state index in [-0.39, 0.29) is 6.54 Å². The SMILES string of the molecule is CCc1ccc(N(CC(=O)N/N=C\c2ccc(N(CC)CC)cc2)S(C)(=O)=O)cc1. The van der Waals surface area contributed by atoms with Gasteiger partial charge in [-0.2, -0.15) is 5.10 Å². The van der Waals surface area contributed by atoms with E-state index in [1.165, 1.54) is 6.21 Å². The van der Waals surface area contributed by atoms with Gasteiger partial charge in [0, 0.05) is 18.8 Å². The molecule has 162 valence electrons. The fourth-order valence-corrected chi connectivity index (χ4v) is 3.86. The lowest BCUT2D eigenvalue weighted by Crippen LogP contribution is -2.39. The molecule has 0 atom stereocenters. The third kappa shape index (κ3) is 6.59. The molecule has 0 aliphatic rings. The molecule has 7 nitrogen and oxygen atoms in total. The van der Waals surface area contributed by atoms with Gasteiger partial charge in [0.25, 0.3) is 5.91 Å². The number of anilines is 2. The highest BCUT2D eigenvalue weighted by Gasteiger charge is 2.20. The Bertz CT molecular complexity index is 951. The van der Waals surface area contributed by atoms with Crippen LogP contribution < -0.4 is 14.6 Å². The quantitative estimate of drug-likeness (QED) is 0.464. The molecule has 2 aromatic rings. The van der Waals surface area contributed by atoms with Gasteiger partial charge < -0.3 is 4.90 Å². The Morgan fingerprint density at radius 3 is 2.03 bits per heavy atom. The van der Waals surface area contributed by atoms with Gasteiger partial charge in [0.05, 0.1) is 18.2 Å². The van der Waals surface area contributed by atoms with E-state index in [4.69, 9.17) is 0 Å². The predicted molar refractivity (Wildman–Crippen MR) is 124 cm³/mol. The third-order valence-corrected chi connectivity index (χ3v) is 5.89. The van der Waals surface area contributed by atoms with E-state index in [1.807, 2.05) is 43.3 Å². The highest BCUT2D eigenvalue weighted by atomic mass is 32.2. The van der Waals surface area contributed by atoms with Crippen LogP contribution in [-0.4, -0.2) is 46.4 Å². The van der Waals surface area contributed by atoms with Crippen LogP contribution in [0.25, 0.3) is 0 Å². The van der Waals surface area contributed by atoms with Crippen molar-refractivity contribution < 1.29 is 13.2 Å². The van der Waals surface area contributed by atoms with Crippen LogP contribution in [0.3, 0.4) is 0 Å². The highest BCUT2D eigenvalue weighted by Crippen LogP contribution is 2.18. The number of hydrogen-bond acceptors (Lipinski definition) is 5. The Balaban J connectivity index is 2.01. The smallest absolute Gasteiger partial charge is 0.260 e. The summed E-state index contributed by atoms with van der Waals surface area (Å²) in [6, 6.07) is 14.9. The van der Waals surface area contributed by atoms with Gasteiger partial charge >= 0.3 is 0 Å². The van der Waals surface area contributed by atoms with Gasteiger partial charge in [-0.25, -0.2) is 13.8 Å². The van der Waals surface area contributed by atoms with Crippen molar-refractivity contribution in [2.45, 2.75) is 27.2 Å². The molecule has 1 N–H and O–H groups in total. The summed E-state index contributed by atoms with van der Waals surface area (Å²) >= 11 is 0. The lowest BCUT2D eigenvalue weighted by Gasteiger charge is -2.21. The fourth-order valence-electron chi connectivity index (χ4n) is 3.00. The van der Waals surface area contributed by atoms with E-state index >= 15 is 0 Å². The van der Waals surface area contributed by atoms with Crippen molar-refractivity contribution in [2.24, 2.45) is 5.10 Å². The number of aryl methyl sites for hydroxylation is 1.